The van der Waals surface area contributed by atoms with Crippen molar-refractivity contribution < 1.29 is 33.1 Å². The zero-order valence-electron chi connectivity index (χ0n) is 15.1. The quantitative estimate of drug-likeness (QED) is 0.672. The van der Waals surface area contributed by atoms with Crippen LogP contribution in [0.5, 0.6) is 0 Å². The lowest BCUT2D eigenvalue weighted by molar-refractivity contribution is -0.152. The Morgan fingerprint density at radius 3 is 2.44 bits per heavy atom. The van der Waals surface area contributed by atoms with E-state index in [4.69, 9.17) is 13.9 Å². The average Bonchev–Trinajstić information content (AvgIpc) is 3.21. The fourth-order valence-electron chi connectivity index (χ4n) is 2.43. The zero-order valence-corrected chi connectivity index (χ0v) is 15.1. The van der Waals surface area contributed by atoms with Gasteiger partial charge in [0, 0.05) is 32.7 Å². The number of hydrogen-bond acceptors (Lipinski definition) is 7. The monoisotopic (exact) mass is 381 g/mol. The van der Waals surface area contributed by atoms with Gasteiger partial charge in [0.15, 0.2) is 12.4 Å². The van der Waals surface area contributed by atoms with Crippen molar-refractivity contribution in [3.05, 3.63) is 24.2 Å². The molecule has 0 aliphatic carbocycles. The topological polar surface area (TPSA) is 118 Å². The molecule has 1 aliphatic rings. The normalized spacial score (nSPS) is 13.8. The summed E-state index contributed by atoms with van der Waals surface area (Å²) in [6.07, 6.45) is 0.921. The number of nitrogens with zero attached hydrogens (tertiary/aromatic N) is 2. The lowest BCUT2D eigenvalue weighted by Crippen LogP contribution is -2.51. The summed E-state index contributed by atoms with van der Waals surface area (Å²) in [5.41, 5.74) is 0. The van der Waals surface area contributed by atoms with Gasteiger partial charge in [-0.25, -0.2) is 4.79 Å². The Labute approximate surface area is 156 Å². The van der Waals surface area contributed by atoms with Crippen LogP contribution in [0, 0.1) is 0 Å². The summed E-state index contributed by atoms with van der Waals surface area (Å²) in [4.78, 5) is 50.0. The molecule has 1 N–H and O–H groups in total. The van der Waals surface area contributed by atoms with E-state index >= 15 is 0 Å². The maximum Gasteiger partial charge on any atom is 0.409 e. The van der Waals surface area contributed by atoms with Crippen LogP contribution in [0.4, 0.5) is 4.79 Å². The minimum atomic E-state index is -0.590. The van der Waals surface area contributed by atoms with Gasteiger partial charge in [-0.15, -0.1) is 0 Å². The predicted octanol–water partition coefficient (Wildman–Crippen LogP) is 0.243. The number of hydrogen-bond donors (Lipinski definition) is 1. The highest BCUT2D eigenvalue weighted by atomic mass is 16.6. The van der Waals surface area contributed by atoms with Gasteiger partial charge >= 0.3 is 12.1 Å². The molecule has 3 amide bonds. The SMILES string of the molecule is CCOC(=O)N1CCN(C(=O)COC(=O)CCNC(=O)c2ccco2)CC1. The molecule has 148 valence electrons. The highest BCUT2D eigenvalue weighted by molar-refractivity contribution is 5.91. The second-order valence-corrected chi connectivity index (χ2v) is 5.71. The summed E-state index contributed by atoms with van der Waals surface area (Å²) in [5.74, 6) is -1.19. The number of ether oxygens (including phenoxy) is 2. The van der Waals surface area contributed by atoms with Crippen LogP contribution in [0.2, 0.25) is 0 Å². The molecule has 2 heterocycles. The van der Waals surface area contributed by atoms with Gasteiger partial charge in [-0.05, 0) is 19.1 Å². The minimum Gasteiger partial charge on any atom is -0.459 e. The molecule has 0 unspecified atom stereocenters. The number of rotatable bonds is 7. The number of carbonyl (C=O) groups is 4. The number of piperazine rings is 1. The summed E-state index contributed by atoms with van der Waals surface area (Å²) in [6, 6.07) is 3.09. The van der Waals surface area contributed by atoms with Crippen molar-refractivity contribution in [1.29, 1.82) is 0 Å². The van der Waals surface area contributed by atoms with Crippen LogP contribution in [0.3, 0.4) is 0 Å². The Balaban J connectivity index is 1.60. The third-order valence-electron chi connectivity index (χ3n) is 3.87. The third-order valence-corrected chi connectivity index (χ3v) is 3.87. The van der Waals surface area contributed by atoms with E-state index in [1.54, 1.807) is 13.0 Å². The fraction of sp³-hybridized carbons (Fsp3) is 0.529. The molecule has 0 spiro atoms. The van der Waals surface area contributed by atoms with Gasteiger partial charge in [-0.1, -0.05) is 0 Å². The van der Waals surface area contributed by atoms with E-state index in [9.17, 15) is 19.2 Å². The van der Waals surface area contributed by atoms with E-state index in [0.29, 0.717) is 32.8 Å². The largest absolute Gasteiger partial charge is 0.459 e. The van der Waals surface area contributed by atoms with Crippen LogP contribution in [0.25, 0.3) is 0 Å². The Hall–Kier alpha value is -3.04. The molecule has 10 heteroatoms. The molecule has 1 aromatic heterocycles. The lowest BCUT2D eigenvalue weighted by atomic mass is 10.3. The molecule has 1 fully saturated rings. The van der Waals surface area contributed by atoms with Gasteiger partial charge in [-0.2, -0.15) is 0 Å². The van der Waals surface area contributed by atoms with Crippen molar-refractivity contribution >= 4 is 23.9 Å². The Bertz CT molecular complexity index is 651. The highest BCUT2D eigenvalue weighted by Crippen LogP contribution is 2.05. The number of nitrogens with one attached hydrogen (secondary N) is 1. The Morgan fingerprint density at radius 2 is 1.81 bits per heavy atom. The summed E-state index contributed by atoms with van der Waals surface area (Å²) < 4.78 is 14.8. The number of carbonyl (C=O) groups excluding carboxylic acids is 4. The van der Waals surface area contributed by atoms with E-state index in [-0.39, 0.29) is 31.2 Å². The first-order valence-corrected chi connectivity index (χ1v) is 8.68. The average molecular weight is 381 g/mol. The van der Waals surface area contributed by atoms with Crippen LogP contribution < -0.4 is 5.32 Å². The van der Waals surface area contributed by atoms with Gasteiger partial charge in [0.2, 0.25) is 0 Å². The van der Waals surface area contributed by atoms with Crippen LogP contribution in [-0.4, -0.2) is 79.6 Å². The molecular weight excluding hydrogens is 358 g/mol. The molecule has 0 aromatic carbocycles. The van der Waals surface area contributed by atoms with Gasteiger partial charge in [0.1, 0.15) is 0 Å². The smallest absolute Gasteiger partial charge is 0.409 e. The number of furan rings is 1. The number of esters is 1. The zero-order chi connectivity index (χ0) is 19.6. The molecular formula is C17H23N3O7. The fourth-order valence-corrected chi connectivity index (χ4v) is 2.43. The summed E-state index contributed by atoms with van der Waals surface area (Å²) in [5, 5.41) is 2.51. The van der Waals surface area contributed by atoms with Crippen molar-refractivity contribution in [2.45, 2.75) is 13.3 Å². The van der Waals surface area contributed by atoms with Gasteiger partial charge in [-0.3, -0.25) is 14.4 Å². The molecule has 1 saturated heterocycles. The molecule has 27 heavy (non-hydrogen) atoms. The molecule has 1 aliphatic heterocycles. The van der Waals surface area contributed by atoms with E-state index in [1.807, 2.05) is 0 Å². The van der Waals surface area contributed by atoms with Crippen molar-refractivity contribution in [2.75, 3.05) is 45.9 Å². The Morgan fingerprint density at radius 1 is 1.11 bits per heavy atom. The predicted molar refractivity (Wildman–Crippen MR) is 91.8 cm³/mol. The molecule has 1 aromatic rings. The van der Waals surface area contributed by atoms with Crippen LogP contribution in [-0.2, 0) is 19.1 Å². The molecule has 0 radical (unpaired) electrons. The first-order chi connectivity index (χ1) is 13.0. The number of amides is 3. The Kier molecular flexibility index (Phi) is 7.65. The van der Waals surface area contributed by atoms with Crippen molar-refractivity contribution in [2.24, 2.45) is 0 Å². The van der Waals surface area contributed by atoms with Crippen molar-refractivity contribution in [3.63, 3.8) is 0 Å². The van der Waals surface area contributed by atoms with Crippen molar-refractivity contribution in [1.82, 2.24) is 15.1 Å². The van der Waals surface area contributed by atoms with Gasteiger partial charge < -0.3 is 29.0 Å². The minimum absolute atomic E-state index is 0.0592. The lowest BCUT2D eigenvalue weighted by Gasteiger charge is -2.33. The standard InChI is InChI=1S/C17H23N3O7/c1-2-25-17(24)20-9-7-19(8-10-20)14(21)12-27-15(22)5-6-18-16(23)13-4-3-11-26-13/h3-4,11H,2,5-10,12H2,1H3,(H,18,23). The highest BCUT2D eigenvalue weighted by Gasteiger charge is 2.25. The second-order valence-electron chi connectivity index (χ2n) is 5.71. The first-order valence-electron chi connectivity index (χ1n) is 8.68. The summed E-state index contributed by atoms with van der Waals surface area (Å²) in [6.45, 7) is 3.19. The van der Waals surface area contributed by atoms with Crippen LogP contribution in [0.1, 0.15) is 23.9 Å². The maximum absolute atomic E-state index is 12.1. The van der Waals surface area contributed by atoms with E-state index < -0.39 is 18.0 Å². The van der Waals surface area contributed by atoms with Crippen LogP contribution >= 0.6 is 0 Å². The molecule has 0 atom stereocenters. The van der Waals surface area contributed by atoms with E-state index in [0.717, 1.165) is 0 Å². The second kappa shape index (κ2) is 10.2. The maximum atomic E-state index is 12.1. The van der Waals surface area contributed by atoms with E-state index in [1.165, 1.54) is 22.1 Å². The van der Waals surface area contributed by atoms with E-state index in [2.05, 4.69) is 5.32 Å². The summed E-state index contributed by atoms with van der Waals surface area (Å²) >= 11 is 0. The first kappa shape index (κ1) is 20.3. The third kappa shape index (κ3) is 6.32. The van der Waals surface area contributed by atoms with Crippen LogP contribution in [0.15, 0.2) is 22.8 Å². The molecule has 10 nitrogen and oxygen atoms in total. The van der Waals surface area contributed by atoms with Gasteiger partial charge in [0.05, 0.1) is 19.3 Å². The summed E-state index contributed by atoms with van der Waals surface area (Å²) in [7, 11) is 0. The van der Waals surface area contributed by atoms with Gasteiger partial charge in [0.25, 0.3) is 11.8 Å². The molecule has 0 saturated carbocycles. The molecule has 0 bridgehead atoms. The molecule has 2 rings (SSSR count). The van der Waals surface area contributed by atoms with Crippen molar-refractivity contribution in [3.8, 4) is 0 Å².